The molecule has 6 nitrogen and oxygen atoms in total. The van der Waals surface area contributed by atoms with Crippen LogP contribution in [0.1, 0.15) is 109 Å². The Kier molecular flexibility index (Phi) is 13.7. The van der Waals surface area contributed by atoms with Crippen molar-refractivity contribution in [3.05, 3.63) is 71.3 Å². The summed E-state index contributed by atoms with van der Waals surface area (Å²) in [7, 11) is -4.42. The van der Waals surface area contributed by atoms with E-state index in [1.165, 1.54) is 44.1 Å². The fraction of sp³-hybridized carbons (Fsp3) is 0.594. The van der Waals surface area contributed by atoms with Crippen LogP contribution in [0.15, 0.2) is 54.6 Å². The van der Waals surface area contributed by atoms with Crippen LogP contribution >= 0.6 is 7.60 Å². The topological polar surface area (TPSA) is 95.9 Å². The molecule has 2 aromatic rings. The van der Waals surface area contributed by atoms with Crippen molar-refractivity contribution in [3.63, 3.8) is 0 Å². The summed E-state index contributed by atoms with van der Waals surface area (Å²) < 4.78 is 18.1. The molecule has 0 saturated carbocycles. The van der Waals surface area contributed by atoms with E-state index in [4.69, 9.17) is 4.74 Å². The van der Waals surface area contributed by atoms with Gasteiger partial charge in [-0.3, -0.25) is 4.57 Å². The average molecular weight is 560 g/mol. The molecule has 0 aliphatic heterocycles. The second-order valence-electron chi connectivity index (χ2n) is 11.2. The molecule has 218 valence electrons. The van der Waals surface area contributed by atoms with Crippen LogP contribution in [0.25, 0.3) is 0 Å². The average Bonchev–Trinajstić information content (AvgIpc) is 2.92. The monoisotopic (exact) mass is 559 g/mol. The summed E-state index contributed by atoms with van der Waals surface area (Å²) in [5.74, 6) is 0. The molecule has 0 aliphatic carbocycles. The Labute approximate surface area is 236 Å². The van der Waals surface area contributed by atoms with E-state index in [1.54, 1.807) is 13.8 Å². The molecule has 0 fully saturated rings. The lowest BCUT2D eigenvalue weighted by atomic mass is 9.81. The van der Waals surface area contributed by atoms with Gasteiger partial charge >= 0.3 is 13.7 Å². The Morgan fingerprint density at radius 1 is 0.821 bits per heavy atom. The Bertz CT molecular complexity index is 1020. The Morgan fingerprint density at radius 2 is 1.38 bits per heavy atom. The summed E-state index contributed by atoms with van der Waals surface area (Å²) in [4.78, 5) is 33.4. The highest BCUT2D eigenvalue weighted by Crippen LogP contribution is 2.58. The maximum Gasteiger partial charge on any atom is 0.407 e. The van der Waals surface area contributed by atoms with Gasteiger partial charge in [-0.15, -0.1) is 0 Å². The van der Waals surface area contributed by atoms with Gasteiger partial charge in [-0.05, 0) is 68.6 Å². The molecule has 0 spiro atoms. The Morgan fingerprint density at radius 3 is 1.95 bits per heavy atom. The first-order chi connectivity index (χ1) is 18.6. The van der Waals surface area contributed by atoms with Crippen LogP contribution in [0.5, 0.6) is 0 Å². The van der Waals surface area contributed by atoms with Gasteiger partial charge in [0.15, 0.2) is 0 Å². The van der Waals surface area contributed by atoms with Gasteiger partial charge in [0.2, 0.25) is 0 Å². The molecule has 0 bridgehead atoms. The summed E-state index contributed by atoms with van der Waals surface area (Å²) >= 11 is 0. The van der Waals surface area contributed by atoms with Crippen molar-refractivity contribution in [1.29, 1.82) is 0 Å². The third kappa shape index (κ3) is 11.1. The van der Waals surface area contributed by atoms with E-state index >= 15 is 0 Å². The molecule has 0 radical (unpaired) electrons. The zero-order valence-corrected chi connectivity index (χ0v) is 25.3. The summed E-state index contributed by atoms with van der Waals surface area (Å²) in [5.41, 5.74) is 2.49. The molecule has 1 unspecified atom stereocenters. The van der Waals surface area contributed by atoms with Crippen LogP contribution in [0.2, 0.25) is 0 Å². The number of hydrogen-bond acceptors (Lipinski definition) is 3. The predicted octanol–water partition coefficient (Wildman–Crippen LogP) is 8.33. The normalized spacial score (nSPS) is 13.6. The third-order valence-electron chi connectivity index (χ3n) is 8.08. The molecular weight excluding hydrogens is 509 g/mol. The van der Waals surface area contributed by atoms with Crippen molar-refractivity contribution in [1.82, 2.24) is 5.32 Å². The van der Waals surface area contributed by atoms with Gasteiger partial charge in [-0.2, -0.15) is 0 Å². The van der Waals surface area contributed by atoms with Gasteiger partial charge in [0.1, 0.15) is 6.61 Å². The highest BCUT2D eigenvalue weighted by atomic mass is 31.2. The molecule has 39 heavy (non-hydrogen) atoms. The standard InChI is InChI=1S/C32H50NO5P/c1-5-8-9-10-11-13-16-27-19-21-28(22-20-27)23-24-31(4,26-32(6-2,7-3)39(35,36)37)33-30(34)38-25-29-17-14-12-15-18-29/h12,14-15,17-22H,5-11,13,16,23-26H2,1-4H3,(H,33,34)(H2,35,36,37). The summed E-state index contributed by atoms with van der Waals surface area (Å²) in [6, 6.07) is 18.1. The highest BCUT2D eigenvalue weighted by molar-refractivity contribution is 7.53. The molecule has 3 N–H and O–H groups in total. The van der Waals surface area contributed by atoms with Crippen molar-refractivity contribution in [2.45, 2.75) is 122 Å². The number of carbonyl (C=O) groups excluding carboxylic acids is 1. The molecular formula is C32H50NO5P. The van der Waals surface area contributed by atoms with Crippen molar-refractivity contribution < 1.29 is 23.9 Å². The van der Waals surface area contributed by atoms with E-state index in [1.807, 2.05) is 37.3 Å². The maximum absolute atomic E-state index is 12.9. The van der Waals surface area contributed by atoms with Crippen molar-refractivity contribution in [2.75, 3.05) is 0 Å². The minimum Gasteiger partial charge on any atom is -0.445 e. The second-order valence-corrected chi connectivity index (χ2v) is 13.3. The molecule has 0 aromatic heterocycles. The molecule has 1 atom stereocenters. The lowest BCUT2D eigenvalue weighted by Gasteiger charge is -2.41. The van der Waals surface area contributed by atoms with Crippen LogP contribution in [0.4, 0.5) is 4.79 Å². The zero-order valence-electron chi connectivity index (χ0n) is 24.5. The summed E-state index contributed by atoms with van der Waals surface area (Å²) in [6.07, 6.45) is 10.2. The number of nitrogens with one attached hydrogen (secondary N) is 1. The first-order valence-corrected chi connectivity index (χ1v) is 16.3. The van der Waals surface area contributed by atoms with Gasteiger partial charge in [-0.25, -0.2) is 4.79 Å². The number of ether oxygens (including phenoxy) is 1. The van der Waals surface area contributed by atoms with E-state index in [9.17, 15) is 19.1 Å². The molecule has 0 heterocycles. The lowest BCUT2D eigenvalue weighted by molar-refractivity contribution is 0.120. The van der Waals surface area contributed by atoms with Crippen LogP contribution in [0.3, 0.4) is 0 Å². The SMILES string of the molecule is CCCCCCCCc1ccc(CCC(C)(CC(CC)(CC)P(=O)(O)O)NC(=O)OCc2ccccc2)cc1. The lowest BCUT2D eigenvalue weighted by Crippen LogP contribution is -2.51. The van der Waals surface area contributed by atoms with E-state index in [0.717, 1.165) is 17.5 Å². The van der Waals surface area contributed by atoms with Gasteiger partial charge in [0.25, 0.3) is 0 Å². The predicted molar refractivity (Wildman–Crippen MR) is 160 cm³/mol. The largest absolute Gasteiger partial charge is 0.445 e. The van der Waals surface area contributed by atoms with E-state index in [0.29, 0.717) is 25.7 Å². The maximum atomic E-state index is 12.9. The number of amides is 1. The number of alkyl carbamates (subject to hydrolysis) is 1. The fourth-order valence-electron chi connectivity index (χ4n) is 5.34. The van der Waals surface area contributed by atoms with E-state index < -0.39 is 24.4 Å². The van der Waals surface area contributed by atoms with Crippen molar-refractivity contribution in [3.8, 4) is 0 Å². The van der Waals surface area contributed by atoms with Gasteiger partial charge in [0, 0.05) is 5.54 Å². The Hall–Kier alpha value is -2.14. The summed E-state index contributed by atoms with van der Waals surface area (Å²) in [5, 5.41) is 1.77. The smallest absolute Gasteiger partial charge is 0.407 e. The van der Waals surface area contributed by atoms with Crippen LogP contribution in [-0.4, -0.2) is 26.6 Å². The first-order valence-electron chi connectivity index (χ1n) is 14.7. The van der Waals surface area contributed by atoms with Crippen LogP contribution in [0, 0.1) is 0 Å². The second kappa shape index (κ2) is 16.2. The first kappa shape index (κ1) is 33.1. The fourth-order valence-corrected chi connectivity index (χ4v) is 6.72. The quantitative estimate of drug-likeness (QED) is 0.126. The number of aryl methyl sites for hydroxylation is 2. The number of rotatable bonds is 18. The van der Waals surface area contributed by atoms with Crippen molar-refractivity contribution >= 4 is 13.7 Å². The summed E-state index contributed by atoms with van der Waals surface area (Å²) in [6.45, 7) is 7.85. The van der Waals surface area contributed by atoms with Crippen LogP contribution < -0.4 is 5.32 Å². The minimum atomic E-state index is -4.42. The molecule has 0 aliphatic rings. The van der Waals surface area contributed by atoms with Crippen molar-refractivity contribution in [2.24, 2.45) is 0 Å². The van der Waals surface area contributed by atoms with Gasteiger partial charge < -0.3 is 19.8 Å². The minimum absolute atomic E-state index is 0.133. The number of benzene rings is 2. The highest BCUT2D eigenvalue weighted by Gasteiger charge is 2.48. The molecule has 2 aromatic carbocycles. The number of hydrogen-bond donors (Lipinski definition) is 3. The zero-order chi connectivity index (χ0) is 28.8. The number of unbranched alkanes of at least 4 members (excludes halogenated alkanes) is 5. The number of carbonyl (C=O) groups is 1. The molecule has 2 rings (SSSR count). The Balaban J connectivity index is 2.07. The molecule has 7 heteroatoms. The third-order valence-corrected chi connectivity index (χ3v) is 10.1. The van der Waals surface area contributed by atoms with E-state index in [2.05, 4.69) is 36.5 Å². The molecule has 1 amide bonds. The van der Waals surface area contributed by atoms with E-state index in [-0.39, 0.29) is 13.0 Å². The van der Waals surface area contributed by atoms with Gasteiger partial charge in [-0.1, -0.05) is 107 Å². The van der Waals surface area contributed by atoms with Gasteiger partial charge in [0.05, 0.1) is 5.16 Å². The molecule has 0 saturated heterocycles. The van der Waals surface area contributed by atoms with Crippen LogP contribution in [-0.2, 0) is 28.8 Å².